The molecule has 2 aromatic carbocycles. The number of benzene rings is 2. The van der Waals surface area contributed by atoms with Crippen molar-refractivity contribution in [3.8, 4) is 22.9 Å². The molecule has 1 atom stereocenters. The molecule has 4 rings (SSSR count). The number of nitrogens with zero attached hydrogens (tertiary/aromatic N) is 3. The summed E-state index contributed by atoms with van der Waals surface area (Å²) in [6.45, 7) is 2.97. The highest BCUT2D eigenvalue weighted by molar-refractivity contribution is 5.82. The standard InChI is InChI=1S/C24H23F3N6O3/c1-13(12-35-2)11-29-23-31-17(14-6-8-15(9-7-14)24(25,26)27)10-19(32-23)36-18-5-3-4-16-20(18)33-21(28)22(34)30-16/h3-10,13H,11-12H2,1-2H3,(H2,28,33)(H,30,34)(H,29,31,32). The van der Waals surface area contributed by atoms with Crippen LogP contribution in [0.1, 0.15) is 12.5 Å². The maximum atomic E-state index is 13.0. The molecule has 0 saturated heterocycles. The zero-order valence-corrected chi connectivity index (χ0v) is 19.4. The zero-order valence-electron chi connectivity index (χ0n) is 19.4. The maximum absolute atomic E-state index is 13.0. The number of aromatic amines is 1. The van der Waals surface area contributed by atoms with Gasteiger partial charge in [0.1, 0.15) is 5.52 Å². The summed E-state index contributed by atoms with van der Waals surface area (Å²) in [6.07, 6.45) is -4.45. The fourth-order valence-corrected chi connectivity index (χ4v) is 3.43. The second-order valence-corrected chi connectivity index (χ2v) is 8.14. The molecule has 188 valence electrons. The van der Waals surface area contributed by atoms with Crippen LogP contribution in [0.4, 0.5) is 24.9 Å². The van der Waals surface area contributed by atoms with E-state index < -0.39 is 17.3 Å². The summed E-state index contributed by atoms with van der Waals surface area (Å²) >= 11 is 0. The van der Waals surface area contributed by atoms with Crippen molar-refractivity contribution < 1.29 is 22.6 Å². The van der Waals surface area contributed by atoms with Crippen molar-refractivity contribution in [2.75, 3.05) is 31.3 Å². The number of anilines is 2. The van der Waals surface area contributed by atoms with E-state index in [0.717, 1.165) is 12.1 Å². The van der Waals surface area contributed by atoms with Crippen molar-refractivity contribution in [2.45, 2.75) is 13.1 Å². The lowest BCUT2D eigenvalue weighted by molar-refractivity contribution is -0.137. The van der Waals surface area contributed by atoms with E-state index in [0.29, 0.717) is 35.4 Å². The molecule has 0 fully saturated rings. The largest absolute Gasteiger partial charge is 0.436 e. The first-order valence-electron chi connectivity index (χ1n) is 10.9. The normalized spacial score (nSPS) is 12.5. The number of hydrogen-bond acceptors (Lipinski definition) is 8. The molecule has 9 nitrogen and oxygen atoms in total. The van der Waals surface area contributed by atoms with Crippen LogP contribution in [0.5, 0.6) is 11.6 Å². The number of fused-ring (bicyclic) bond motifs is 1. The molecule has 0 spiro atoms. The summed E-state index contributed by atoms with van der Waals surface area (Å²) in [7, 11) is 1.60. The van der Waals surface area contributed by atoms with E-state index in [4.69, 9.17) is 15.2 Å². The van der Waals surface area contributed by atoms with Gasteiger partial charge in [-0.25, -0.2) is 9.97 Å². The van der Waals surface area contributed by atoms with Gasteiger partial charge in [0.15, 0.2) is 11.6 Å². The number of aromatic nitrogens is 4. The van der Waals surface area contributed by atoms with Gasteiger partial charge >= 0.3 is 6.18 Å². The van der Waals surface area contributed by atoms with Gasteiger partial charge in [0, 0.05) is 25.3 Å². The minimum atomic E-state index is -4.45. The molecule has 4 aromatic rings. The highest BCUT2D eigenvalue weighted by Crippen LogP contribution is 2.33. The maximum Gasteiger partial charge on any atom is 0.416 e. The summed E-state index contributed by atoms with van der Waals surface area (Å²) in [5, 5.41) is 3.11. The molecule has 0 radical (unpaired) electrons. The van der Waals surface area contributed by atoms with Crippen molar-refractivity contribution in [3.63, 3.8) is 0 Å². The molecule has 0 saturated carbocycles. The minimum absolute atomic E-state index is 0.112. The van der Waals surface area contributed by atoms with Gasteiger partial charge in [-0.05, 0) is 30.2 Å². The highest BCUT2D eigenvalue weighted by atomic mass is 19.4. The molecule has 12 heteroatoms. The Labute approximate surface area is 203 Å². The fourth-order valence-electron chi connectivity index (χ4n) is 3.43. The lowest BCUT2D eigenvalue weighted by Gasteiger charge is -2.14. The van der Waals surface area contributed by atoms with E-state index in [-0.39, 0.29) is 29.3 Å². The average Bonchev–Trinajstić information content (AvgIpc) is 2.84. The minimum Gasteiger partial charge on any atom is -0.436 e. The van der Waals surface area contributed by atoms with Crippen molar-refractivity contribution >= 4 is 22.8 Å². The van der Waals surface area contributed by atoms with Crippen molar-refractivity contribution in [1.29, 1.82) is 0 Å². The number of H-pyrrole nitrogens is 1. The Bertz CT molecular complexity index is 1420. The number of halogens is 3. The second-order valence-electron chi connectivity index (χ2n) is 8.14. The lowest BCUT2D eigenvalue weighted by Crippen LogP contribution is -2.17. The van der Waals surface area contributed by atoms with E-state index in [1.54, 1.807) is 25.3 Å². The topological polar surface area (TPSA) is 128 Å². The first-order chi connectivity index (χ1) is 17.1. The highest BCUT2D eigenvalue weighted by Gasteiger charge is 2.30. The van der Waals surface area contributed by atoms with Crippen LogP contribution in [0, 0.1) is 5.92 Å². The van der Waals surface area contributed by atoms with Crippen LogP contribution < -0.4 is 21.3 Å². The summed E-state index contributed by atoms with van der Waals surface area (Å²) in [5.74, 6) is 0.513. The smallest absolute Gasteiger partial charge is 0.416 e. The molecule has 4 N–H and O–H groups in total. The van der Waals surface area contributed by atoms with Gasteiger partial charge in [0.25, 0.3) is 5.56 Å². The number of nitrogen functional groups attached to an aromatic ring is 1. The predicted octanol–water partition coefficient (Wildman–Crippen LogP) is 4.47. The number of nitrogens with one attached hydrogen (secondary N) is 2. The van der Waals surface area contributed by atoms with Crippen LogP contribution in [-0.4, -0.2) is 40.2 Å². The van der Waals surface area contributed by atoms with E-state index in [1.165, 1.54) is 18.2 Å². The third kappa shape index (κ3) is 5.71. The van der Waals surface area contributed by atoms with Crippen molar-refractivity contribution in [1.82, 2.24) is 19.9 Å². The molecule has 0 aliphatic carbocycles. The van der Waals surface area contributed by atoms with E-state index in [2.05, 4.69) is 25.3 Å². The Kier molecular flexibility index (Phi) is 7.06. The van der Waals surface area contributed by atoms with Gasteiger partial charge in [0.05, 0.1) is 23.4 Å². The van der Waals surface area contributed by atoms with Crippen LogP contribution in [0.2, 0.25) is 0 Å². The molecule has 1 unspecified atom stereocenters. The summed E-state index contributed by atoms with van der Waals surface area (Å²) < 4.78 is 50.2. The molecular formula is C24H23F3N6O3. The summed E-state index contributed by atoms with van der Waals surface area (Å²) in [5.41, 5.74) is 5.89. The van der Waals surface area contributed by atoms with E-state index in [9.17, 15) is 18.0 Å². The van der Waals surface area contributed by atoms with Crippen molar-refractivity contribution in [2.24, 2.45) is 5.92 Å². The molecule has 0 bridgehead atoms. The van der Waals surface area contributed by atoms with Crippen molar-refractivity contribution in [3.05, 3.63) is 64.4 Å². The predicted molar refractivity (Wildman–Crippen MR) is 129 cm³/mol. The van der Waals surface area contributed by atoms with Crippen LogP contribution in [-0.2, 0) is 10.9 Å². The number of rotatable bonds is 8. The molecule has 0 aliphatic heterocycles. The van der Waals surface area contributed by atoms with Gasteiger partial charge < -0.3 is 25.5 Å². The van der Waals surface area contributed by atoms with Gasteiger partial charge in [-0.3, -0.25) is 4.79 Å². The van der Waals surface area contributed by atoms with Crippen LogP contribution in [0.15, 0.2) is 53.3 Å². The SMILES string of the molecule is COCC(C)CNc1nc(Oc2cccc3[nH]c(=O)c(N)nc23)cc(-c2ccc(C(F)(F)F)cc2)n1. The Hall–Kier alpha value is -4.19. The van der Waals surface area contributed by atoms with Crippen LogP contribution in [0.25, 0.3) is 22.3 Å². The molecule has 2 aromatic heterocycles. The Morgan fingerprint density at radius 3 is 2.56 bits per heavy atom. The number of hydrogen-bond donors (Lipinski definition) is 3. The summed E-state index contributed by atoms with van der Waals surface area (Å²) in [4.78, 5) is 27.4. The third-order valence-electron chi connectivity index (χ3n) is 5.20. The number of ether oxygens (including phenoxy) is 2. The monoisotopic (exact) mass is 500 g/mol. The second kappa shape index (κ2) is 10.2. The molecular weight excluding hydrogens is 477 g/mol. The Morgan fingerprint density at radius 2 is 1.86 bits per heavy atom. The quantitative estimate of drug-likeness (QED) is 0.323. The zero-order chi connectivity index (χ0) is 25.9. The van der Waals surface area contributed by atoms with Gasteiger partial charge in [0.2, 0.25) is 11.8 Å². The first-order valence-corrected chi connectivity index (χ1v) is 10.9. The number of alkyl halides is 3. The van der Waals surface area contributed by atoms with Crippen LogP contribution in [0.3, 0.4) is 0 Å². The number of para-hydroxylation sites is 1. The lowest BCUT2D eigenvalue weighted by atomic mass is 10.1. The first kappa shape index (κ1) is 24.9. The Morgan fingerprint density at radius 1 is 1.11 bits per heavy atom. The van der Waals surface area contributed by atoms with Crippen LogP contribution >= 0.6 is 0 Å². The fraction of sp³-hybridized carbons (Fsp3) is 0.250. The Balaban J connectivity index is 1.73. The number of nitrogens with two attached hydrogens (primary N) is 1. The molecule has 0 amide bonds. The molecule has 36 heavy (non-hydrogen) atoms. The van der Waals surface area contributed by atoms with E-state index >= 15 is 0 Å². The molecule has 0 aliphatic rings. The van der Waals surface area contributed by atoms with Gasteiger partial charge in [-0.1, -0.05) is 25.1 Å². The average molecular weight is 500 g/mol. The van der Waals surface area contributed by atoms with Gasteiger partial charge in [-0.15, -0.1) is 0 Å². The van der Waals surface area contributed by atoms with Gasteiger partial charge in [-0.2, -0.15) is 18.2 Å². The summed E-state index contributed by atoms with van der Waals surface area (Å²) in [6, 6.07) is 11.1. The number of methoxy groups -OCH3 is 1. The van der Waals surface area contributed by atoms with E-state index in [1.807, 2.05) is 6.92 Å². The third-order valence-corrected chi connectivity index (χ3v) is 5.20. The molecule has 2 heterocycles.